The van der Waals surface area contributed by atoms with Crippen LogP contribution in [0.4, 0.5) is 4.39 Å². The Morgan fingerprint density at radius 3 is 1.59 bits per heavy atom. The number of aliphatic imine (C=N–C) groups is 2. The number of hydrogen-bond acceptors (Lipinski definition) is 9. The molecule has 0 saturated carbocycles. The minimum absolute atomic E-state index is 0.0218. The van der Waals surface area contributed by atoms with Crippen LogP contribution >= 0.6 is 0 Å². The third-order valence-corrected chi connectivity index (χ3v) is 9.07. The normalized spacial score (nSPS) is 13.5. The van der Waals surface area contributed by atoms with E-state index in [0.29, 0.717) is 17.5 Å². The van der Waals surface area contributed by atoms with Crippen LogP contribution in [0.25, 0.3) is 6.08 Å². The lowest BCUT2D eigenvalue weighted by molar-refractivity contribution is -0.135. The molecule has 0 unspecified atom stereocenters. The van der Waals surface area contributed by atoms with E-state index in [2.05, 4.69) is 36.6 Å². The number of nitrogens with two attached hydrogens (primary N) is 6. The Kier molecular flexibility index (Phi) is 22.6. The van der Waals surface area contributed by atoms with Crippen molar-refractivity contribution in [1.82, 2.24) is 26.6 Å². The van der Waals surface area contributed by atoms with Gasteiger partial charge in [-0.2, -0.15) is 0 Å². The minimum Gasteiger partial charge on any atom is -0.370 e. The fourth-order valence-corrected chi connectivity index (χ4v) is 5.97. The fourth-order valence-electron chi connectivity index (χ4n) is 5.97. The van der Waals surface area contributed by atoms with Crippen LogP contribution in [0.5, 0.6) is 0 Å². The summed E-state index contributed by atoms with van der Waals surface area (Å²) in [5.41, 5.74) is 34.3. The number of benzene rings is 2. The van der Waals surface area contributed by atoms with Crippen LogP contribution < -0.4 is 61.0 Å². The van der Waals surface area contributed by atoms with Gasteiger partial charge in [-0.1, -0.05) is 56.3 Å². The van der Waals surface area contributed by atoms with Crippen LogP contribution in [0.1, 0.15) is 69.9 Å². The van der Waals surface area contributed by atoms with Crippen molar-refractivity contribution in [3.63, 3.8) is 0 Å². The Labute approximate surface area is 355 Å². The monoisotopic (exact) mass is 851 g/mol. The van der Waals surface area contributed by atoms with Crippen molar-refractivity contribution in [1.29, 1.82) is 0 Å². The quantitative estimate of drug-likeness (QED) is 0.0221. The third kappa shape index (κ3) is 20.8. The first-order valence-corrected chi connectivity index (χ1v) is 20.1. The van der Waals surface area contributed by atoms with Crippen molar-refractivity contribution in [3.8, 4) is 0 Å². The molecule has 0 heterocycles. The van der Waals surface area contributed by atoms with Gasteiger partial charge in [-0.15, -0.1) is 0 Å². The number of primary amides is 1. The highest BCUT2D eigenvalue weighted by atomic mass is 19.1. The van der Waals surface area contributed by atoms with E-state index < -0.39 is 71.5 Å². The summed E-state index contributed by atoms with van der Waals surface area (Å²) in [5, 5.41) is 13.4. The number of rotatable bonds is 27. The Morgan fingerprint density at radius 1 is 0.623 bits per heavy atom. The molecular weight excluding hydrogens is 790 g/mol. The van der Waals surface area contributed by atoms with Crippen molar-refractivity contribution in [3.05, 3.63) is 77.6 Å². The highest BCUT2D eigenvalue weighted by Crippen LogP contribution is 2.11. The molecule has 5 atom stereocenters. The Balaban J connectivity index is 2.39. The van der Waals surface area contributed by atoms with E-state index in [1.807, 2.05) is 13.8 Å². The Hall–Kier alpha value is -6.57. The molecule has 0 aliphatic rings. The summed E-state index contributed by atoms with van der Waals surface area (Å²) in [6, 6.07) is 8.51. The number of carbonyl (C=O) groups is 6. The average Bonchev–Trinajstić information content (AvgIpc) is 3.20. The maximum Gasteiger partial charge on any atom is 0.244 e. The molecule has 2 aromatic carbocycles. The number of amides is 6. The molecule has 0 bridgehead atoms. The second-order valence-corrected chi connectivity index (χ2v) is 14.7. The second kappa shape index (κ2) is 27.2. The molecule has 0 saturated heterocycles. The van der Waals surface area contributed by atoms with Crippen molar-refractivity contribution in [2.45, 2.75) is 95.4 Å². The van der Waals surface area contributed by atoms with E-state index in [4.69, 9.17) is 34.4 Å². The summed E-state index contributed by atoms with van der Waals surface area (Å²) >= 11 is 0. The van der Waals surface area contributed by atoms with Gasteiger partial charge in [0.1, 0.15) is 36.0 Å². The topological polar surface area (TPSA) is 343 Å². The lowest BCUT2D eigenvalue weighted by atomic mass is 10.0. The molecular formula is C41H62FN13O6. The summed E-state index contributed by atoms with van der Waals surface area (Å²) in [4.78, 5) is 88.7. The van der Waals surface area contributed by atoms with Gasteiger partial charge in [-0.3, -0.25) is 38.8 Å². The standard InChI is InChI=1S/C41H62FN13O6/c1-25(2)23-32(38(60)53-30(12-7-21-49-40(45)46)36(58)52-29(35(44)57)11-6-20-43)55-37(59)31(13-8-22-50-41(47)48)54-39(61)33(24-27-9-4-3-5-10-27)51-34(56)19-16-26-14-17-28(42)18-15-26/h3-5,9-10,14-19,25,29-33H,6-8,11-13,20-24,43H2,1-2H3,(H2,44,57)(H,51,56)(H,52,58)(H,53,60)(H,54,61)(H,55,59)(H4,45,46,49)(H4,47,48,50)/b19-16+/t29-,30-,31-,32-,33-/m0/s1. The Bertz CT molecular complexity index is 1820. The van der Waals surface area contributed by atoms with Crippen molar-refractivity contribution in [2.24, 2.45) is 50.3 Å². The van der Waals surface area contributed by atoms with E-state index in [9.17, 15) is 33.2 Å². The zero-order valence-corrected chi connectivity index (χ0v) is 34.8. The van der Waals surface area contributed by atoms with Gasteiger partial charge in [0.05, 0.1) is 0 Å². The number of carbonyl (C=O) groups excluding carboxylic acids is 6. The van der Waals surface area contributed by atoms with Gasteiger partial charge in [-0.05, 0) is 86.7 Å². The van der Waals surface area contributed by atoms with Gasteiger partial charge in [0.25, 0.3) is 0 Å². The van der Waals surface area contributed by atoms with Gasteiger partial charge >= 0.3 is 0 Å². The first-order chi connectivity index (χ1) is 29.0. The maximum absolute atomic E-state index is 14.1. The molecule has 17 N–H and O–H groups in total. The SMILES string of the molecule is CC(C)C[C@H](NC(=O)[C@H](CCCN=C(N)N)NC(=O)[C@H](Cc1ccccc1)NC(=O)/C=C/c1ccc(F)cc1)C(=O)N[C@@H](CCCN=C(N)N)C(=O)N[C@@H](CCCN)C(N)=O. The van der Waals surface area contributed by atoms with Crippen molar-refractivity contribution >= 4 is 53.4 Å². The highest BCUT2D eigenvalue weighted by Gasteiger charge is 2.32. The van der Waals surface area contributed by atoms with Gasteiger partial charge in [-0.25, -0.2) is 4.39 Å². The molecule has 334 valence electrons. The molecule has 61 heavy (non-hydrogen) atoms. The number of halogens is 1. The highest BCUT2D eigenvalue weighted by molar-refractivity contribution is 5.98. The van der Waals surface area contributed by atoms with Gasteiger partial charge < -0.3 is 61.0 Å². The van der Waals surface area contributed by atoms with Crippen LogP contribution in [-0.2, 0) is 35.2 Å². The van der Waals surface area contributed by atoms with Crippen molar-refractivity contribution in [2.75, 3.05) is 19.6 Å². The lowest BCUT2D eigenvalue weighted by Gasteiger charge is -2.28. The second-order valence-electron chi connectivity index (χ2n) is 14.7. The molecule has 20 heteroatoms. The van der Waals surface area contributed by atoms with Gasteiger partial charge in [0.15, 0.2) is 11.9 Å². The van der Waals surface area contributed by atoms with Crippen LogP contribution in [0.2, 0.25) is 0 Å². The summed E-state index contributed by atoms with van der Waals surface area (Å²) in [6.45, 7) is 4.17. The molecule has 19 nitrogen and oxygen atoms in total. The van der Waals surface area contributed by atoms with E-state index >= 15 is 0 Å². The van der Waals surface area contributed by atoms with Crippen LogP contribution in [0.15, 0.2) is 70.7 Å². The van der Waals surface area contributed by atoms with E-state index in [1.165, 1.54) is 36.4 Å². The predicted octanol–water partition coefficient (Wildman–Crippen LogP) is -1.12. The summed E-state index contributed by atoms with van der Waals surface area (Å²) < 4.78 is 13.4. The minimum atomic E-state index is -1.24. The number of guanidine groups is 2. The van der Waals surface area contributed by atoms with Gasteiger partial charge in [0.2, 0.25) is 35.4 Å². The molecule has 0 aromatic heterocycles. The molecule has 0 spiro atoms. The smallest absolute Gasteiger partial charge is 0.244 e. The molecule has 0 aliphatic heterocycles. The van der Waals surface area contributed by atoms with Crippen LogP contribution in [0.3, 0.4) is 0 Å². The van der Waals surface area contributed by atoms with Gasteiger partial charge in [0, 0.05) is 25.6 Å². The van der Waals surface area contributed by atoms with E-state index in [1.54, 1.807) is 30.3 Å². The summed E-state index contributed by atoms with van der Waals surface area (Å²) in [6.07, 6.45) is 3.99. The Morgan fingerprint density at radius 2 is 1.10 bits per heavy atom. The molecule has 0 fully saturated rings. The van der Waals surface area contributed by atoms with E-state index in [0.717, 1.165) is 0 Å². The largest absolute Gasteiger partial charge is 0.370 e. The fraction of sp³-hybridized carbons (Fsp3) is 0.463. The lowest BCUT2D eigenvalue weighted by Crippen LogP contribution is -2.59. The van der Waals surface area contributed by atoms with Crippen molar-refractivity contribution < 1.29 is 33.2 Å². The number of hydrogen-bond donors (Lipinski definition) is 11. The third-order valence-electron chi connectivity index (χ3n) is 9.07. The predicted molar refractivity (Wildman–Crippen MR) is 232 cm³/mol. The molecule has 2 aromatic rings. The molecule has 0 radical (unpaired) electrons. The average molecular weight is 852 g/mol. The number of nitrogens with one attached hydrogen (secondary N) is 5. The van der Waals surface area contributed by atoms with E-state index in [-0.39, 0.29) is 82.4 Å². The maximum atomic E-state index is 14.1. The van der Waals surface area contributed by atoms with Crippen LogP contribution in [-0.4, -0.2) is 97.2 Å². The first kappa shape index (κ1) is 50.6. The number of nitrogens with zero attached hydrogens (tertiary/aromatic N) is 2. The zero-order valence-electron chi connectivity index (χ0n) is 34.8. The molecule has 2 rings (SSSR count). The summed E-state index contributed by atoms with van der Waals surface area (Å²) in [5.74, 6) is -5.15. The first-order valence-electron chi connectivity index (χ1n) is 20.1. The summed E-state index contributed by atoms with van der Waals surface area (Å²) in [7, 11) is 0. The molecule has 6 amide bonds. The van der Waals surface area contributed by atoms with Crippen LogP contribution in [0, 0.1) is 11.7 Å². The molecule has 0 aliphatic carbocycles. The zero-order chi connectivity index (χ0) is 45.3.